The maximum atomic E-state index is 5.75. The Morgan fingerprint density at radius 1 is 1.00 bits per heavy atom. The molecule has 106 valence electrons. The molecule has 18 heavy (non-hydrogen) atoms. The molecule has 3 heteroatoms. The van der Waals surface area contributed by atoms with Gasteiger partial charge in [0.25, 0.3) is 0 Å². The van der Waals surface area contributed by atoms with E-state index in [9.17, 15) is 0 Å². The number of aryl methyl sites for hydroxylation is 1. The van der Waals surface area contributed by atoms with Crippen LogP contribution in [-0.2, 0) is 0 Å². The van der Waals surface area contributed by atoms with Gasteiger partial charge < -0.3 is 5.32 Å². The molecule has 0 amide bonds. The molecule has 0 saturated carbocycles. The molecule has 0 spiro atoms. The normalized spacial score (nSPS) is 8.83. The van der Waals surface area contributed by atoms with Crippen LogP contribution in [0.25, 0.3) is 0 Å². The molecular formula is C15H27Cl2N. The Bertz CT molecular complexity index is 264. The van der Waals surface area contributed by atoms with Crippen molar-refractivity contribution in [3.05, 3.63) is 33.8 Å². The third-order valence-electron chi connectivity index (χ3n) is 2.00. The second kappa shape index (κ2) is 14.8. The lowest BCUT2D eigenvalue weighted by Crippen LogP contribution is -2.14. The van der Waals surface area contributed by atoms with Crippen LogP contribution in [0.2, 0.25) is 10.0 Å². The summed E-state index contributed by atoms with van der Waals surface area (Å²) in [5, 5.41) is 4.56. The Morgan fingerprint density at radius 2 is 1.50 bits per heavy atom. The minimum Gasteiger partial charge on any atom is -0.317 e. The van der Waals surface area contributed by atoms with Gasteiger partial charge in [0.1, 0.15) is 0 Å². The van der Waals surface area contributed by atoms with E-state index in [1.54, 1.807) is 6.07 Å². The van der Waals surface area contributed by atoms with Gasteiger partial charge in [-0.15, -0.1) is 0 Å². The van der Waals surface area contributed by atoms with Crippen molar-refractivity contribution in [2.75, 3.05) is 13.1 Å². The largest absolute Gasteiger partial charge is 0.317 e. The molecule has 0 aliphatic heterocycles. The molecule has 1 aromatic rings. The van der Waals surface area contributed by atoms with Crippen molar-refractivity contribution in [1.29, 1.82) is 0 Å². The molecule has 0 aliphatic rings. The van der Waals surface area contributed by atoms with Gasteiger partial charge in [0.05, 0.1) is 10.0 Å². The first kappa shape index (κ1) is 20.1. The summed E-state index contributed by atoms with van der Waals surface area (Å²) in [5.74, 6) is 0. The van der Waals surface area contributed by atoms with Crippen LogP contribution in [0.1, 0.15) is 46.1 Å². The Hall–Kier alpha value is -0.240. The van der Waals surface area contributed by atoms with E-state index in [-0.39, 0.29) is 0 Å². The van der Waals surface area contributed by atoms with Crippen LogP contribution in [0.15, 0.2) is 18.2 Å². The molecule has 0 atom stereocenters. The third kappa shape index (κ3) is 10.9. The first-order valence-electron chi connectivity index (χ1n) is 6.74. The molecule has 0 aliphatic carbocycles. The predicted octanol–water partition coefficient (Wildman–Crippen LogP) is 5.72. The quantitative estimate of drug-likeness (QED) is 0.699. The molecule has 0 fully saturated rings. The molecule has 0 radical (unpaired) electrons. The summed E-state index contributed by atoms with van der Waals surface area (Å²) in [4.78, 5) is 0. The Kier molecular flexibility index (Phi) is 16.5. The Labute approximate surface area is 123 Å². The van der Waals surface area contributed by atoms with E-state index >= 15 is 0 Å². The Balaban J connectivity index is 0. The number of rotatable bonds is 4. The van der Waals surface area contributed by atoms with E-state index in [0.29, 0.717) is 10.0 Å². The number of halogens is 2. The average molecular weight is 292 g/mol. The van der Waals surface area contributed by atoms with Gasteiger partial charge in [0.2, 0.25) is 0 Å². The summed E-state index contributed by atoms with van der Waals surface area (Å²) in [7, 11) is 0. The van der Waals surface area contributed by atoms with Crippen molar-refractivity contribution in [2.24, 2.45) is 0 Å². The van der Waals surface area contributed by atoms with Crippen molar-refractivity contribution in [2.45, 2.75) is 47.5 Å². The standard InChI is InChI=1S/C7H6Cl2.C6H15N.C2H6/c1-5-3-2-4-6(8)7(5)9;1-3-5-7-6-4-2;1-2/h2-4H,1H3;7H,3-6H2,1-2H3;1-2H3. The fraction of sp³-hybridized carbons (Fsp3) is 0.600. The van der Waals surface area contributed by atoms with E-state index in [1.807, 2.05) is 32.9 Å². The molecule has 1 nitrogen and oxygen atoms in total. The zero-order valence-corrected chi connectivity index (χ0v) is 13.8. The lowest BCUT2D eigenvalue weighted by molar-refractivity contribution is 0.662. The number of hydrogen-bond acceptors (Lipinski definition) is 1. The third-order valence-corrected chi connectivity index (χ3v) is 2.91. The molecule has 0 bridgehead atoms. The van der Waals surface area contributed by atoms with Crippen molar-refractivity contribution >= 4 is 23.2 Å². The van der Waals surface area contributed by atoms with Crippen LogP contribution in [0.3, 0.4) is 0 Å². The summed E-state index contributed by atoms with van der Waals surface area (Å²) < 4.78 is 0. The maximum absolute atomic E-state index is 5.75. The van der Waals surface area contributed by atoms with Crippen molar-refractivity contribution in [1.82, 2.24) is 5.32 Å². The van der Waals surface area contributed by atoms with E-state index < -0.39 is 0 Å². The van der Waals surface area contributed by atoms with Gasteiger partial charge in [-0.1, -0.05) is 63.0 Å². The lowest BCUT2D eigenvalue weighted by atomic mass is 10.2. The molecule has 0 heterocycles. The number of nitrogens with one attached hydrogen (secondary N) is 1. The summed E-state index contributed by atoms with van der Waals surface area (Å²) in [6.07, 6.45) is 2.50. The fourth-order valence-corrected chi connectivity index (χ4v) is 1.44. The molecule has 0 saturated heterocycles. The highest BCUT2D eigenvalue weighted by Crippen LogP contribution is 2.24. The molecule has 0 aromatic heterocycles. The highest BCUT2D eigenvalue weighted by Gasteiger charge is 1.96. The van der Waals surface area contributed by atoms with E-state index in [4.69, 9.17) is 23.2 Å². The Morgan fingerprint density at radius 3 is 1.83 bits per heavy atom. The van der Waals surface area contributed by atoms with Gasteiger partial charge in [-0.25, -0.2) is 0 Å². The summed E-state index contributed by atoms with van der Waals surface area (Å²) in [6.45, 7) is 12.6. The molecule has 1 rings (SSSR count). The highest BCUT2D eigenvalue weighted by atomic mass is 35.5. The van der Waals surface area contributed by atoms with Crippen molar-refractivity contribution in [3.63, 3.8) is 0 Å². The SMILES string of the molecule is CC.CCCNCCC.Cc1cccc(Cl)c1Cl. The van der Waals surface area contributed by atoms with E-state index in [2.05, 4.69) is 19.2 Å². The summed E-state index contributed by atoms with van der Waals surface area (Å²) in [6, 6.07) is 5.58. The topological polar surface area (TPSA) is 12.0 Å². The minimum atomic E-state index is 0.622. The predicted molar refractivity (Wildman–Crippen MR) is 86.0 cm³/mol. The minimum absolute atomic E-state index is 0.622. The zero-order valence-electron chi connectivity index (χ0n) is 12.3. The maximum Gasteiger partial charge on any atom is 0.0621 e. The molecular weight excluding hydrogens is 265 g/mol. The van der Waals surface area contributed by atoms with Crippen LogP contribution in [0, 0.1) is 6.92 Å². The van der Waals surface area contributed by atoms with Gasteiger partial charge in [-0.3, -0.25) is 0 Å². The first-order chi connectivity index (χ1) is 8.63. The summed E-state index contributed by atoms with van der Waals surface area (Å²) in [5.41, 5.74) is 1.02. The molecule has 1 aromatic carbocycles. The van der Waals surface area contributed by atoms with Crippen LogP contribution in [0.5, 0.6) is 0 Å². The van der Waals surface area contributed by atoms with Crippen LogP contribution >= 0.6 is 23.2 Å². The zero-order chi connectivity index (χ0) is 14.4. The average Bonchev–Trinajstić information content (AvgIpc) is 2.40. The van der Waals surface area contributed by atoms with Crippen LogP contribution < -0.4 is 5.32 Å². The van der Waals surface area contributed by atoms with Crippen molar-refractivity contribution < 1.29 is 0 Å². The van der Waals surface area contributed by atoms with Gasteiger partial charge in [0.15, 0.2) is 0 Å². The molecule has 0 unspecified atom stereocenters. The van der Waals surface area contributed by atoms with Gasteiger partial charge in [0, 0.05) is 0 Å². The van der Waals surface area contributed by atoms with Gasteiger partial charge in [-0.2, -0.15) is 0 Å². The number of benzene rings is 1. The van der Waals surface area contributed by atoms with Gasteiger partial charge >= 0.3 is 0 Å². The lowest BCUT2D eigenvalue weighted by Gasteiger charge is -1.96. The van der Waals surface area contributed by atoms with Gasteiger partial charge in [-0.05, 0) is 44.5 Å². The van der Waals surface area contributed by atoms with Crippen LogP contribution in [-0.4, -0.2) is 13.1 Å². The second-order valence-electron chi connectivity index (χ2n) is 3.62. The second-order valence-corrected chi connectivity index (χ2v) is 4.41. The monoisotopic (exact) mass is 291 g/mol. The number of hydrogen-bond donors (Lipinski definition) is 1. The van der Waals surface area contributed by atoms with Crippen LogP contribution in [0.4, 0.5) is 0 Å². The van der Waals surface area contributed by atoms with E-state index in [0.717, 1.165) is 5.56 Å². The highest BCUT2D eigenvalue weighted by molar-refractivity contribution is 6.42. The summed E-state index contributed by atoms with van der Waals surface area (Å²) >= 11 is 11.4. The smallest absolute Gasteiger partial charge is 0.0621 e. The first-order valence-corrected chi connectivity index (χ1v) is 7.50. The molecule has 1 N–H and O–H groups in total. The fourth-order valence-electron chi connectivity index (χ4n) is 1.09. The van der Waals surface area contributed by atoms with Crippen molar-refractivity contribution in [3.8, 4) is 0 Å². The van der Waals surface area contributed by atoms with E-state index in [1.165, 1.54) is 25.9 Å².